The molecule has 0 atom stereocenters. The molecule has 0 bridgehead atoms. The molecule has 1 saturated carbocycles. The number of aryl methyl sites for hydroxylation is 1. The summed E-state index contributed by atoms with van der Waals surface area (Å²) < 4.78 is 0. The van der Waals surface area contributed by atoms with Crippen LogP contribution < -0.4 is 11.1 Å². The van der Waals surface area contributed by atoms with Gasteiger partial charge in [-0.1, -0.05) is 11.6 Å². The maximum atomic E-state index is 7.64. The first-order chi connectivity index (χ1) is 10.1. The van der Waals surface area contributed by atoms with Crippen LogP contribution in [0.5, 0.6) is 0 Å². The van der Waals surface area contributed by atoms with Crippen molar-refractivity contribution in [2.45, 2.75) is 25.7 Å². The summed E-state index contributed by atoms with van der Waals surface area (Å²) in [6.45, 7) is 1.45. The van der Waals surface area contributed by atoms with E-state index in [-0.39, 0.29) is 5.96 Å². The lowest BCUT2D eigenvalue weighted by molar-refractivity contribution is 0.547. The van der Waals surface area contributed by atoms with Crippen molar-refractivity contribution in [1.82, 2.24) is 15.2 Å². The van der Waals surface area contributed by atoms with Gasteiger partial charge < -0.3 is 11.1 Å². The molecule has 0 saturated heterocycles. The topological polar surface area (TPSA) is 78.0 Å². The fraction of sp³-hybridized carbons (Fsp3) is 0.500. The van der Waals surface area contributed by atoms with Crippen molar-refractivity contribution in [2.24, 2.45) is 11.7 Å². The molecule has 0 aliphatic heterocycles. The summed E-state index contributed by atoms with van der Waals surface area (Å²) in [7, 11) is 0. The number of hydrogen-bond donors (Lipinski definition) is 3. The van der Waals surface area contributed by atoms with Gasteiger partial charge in [0.25, 0.3) is 0 Å². The van der Waals surface area contributed by atoms with E-state index < -0.39 is 0 Å². The maximum absolute atomic E-state index is 7.64. The molecule has 1 fully saturated rings. The SMILES string of the molecule is N=C(N)N(CCCc1ncccc1Cl)C(=S)NCC1CC1. The fourth-order valence-electron chi connectivity index (χ4n) is 1.99. The Labute approximate surface area is 135 Å². The van der Waals surface area contributed by atoms with E-state index in [0.717, 1.165) is 31.0 Å². The number of aromatic nitrogens is 1. The molecule has 114 valence electrons. The smallest absolute Gasteiger partial charge is 0.194 e. The van der Waals surface area contributed by atoms with Gasteiger partial charge >= 0.3 is 0 Å². The van der Waals surface area contributed by atoms with Crippen LogP contribution in [-0.2, 0) is 6.42 Å². The molecule has 2 rings (SSSR count). The van der Waals surface area contributed by atoms with Gasteiger partial charge in [-0.2, -0.15) is 0 Å². The van der Waals surface area contributed by atoms with Gasteiger partial charge in [0.1, 0.15) is 0 Å². The molecule has 0 aromatic carbocycles. The maximum Gasteiger partial charge on any atom is 0.194 e. The molecule has 0 spiro atoms. The predicted octanol–water partition coefficient (Wildman–Crippen LogP) is 2.15. The van der Waals surface area contributed by atoms with Crippen molar-refractivity contribution < 1.29 is 0 Å². The lowest BCUT2D eigenvalue weighted by Gasteiger charge is -2.24. The second-order valence-corrected chi connectivity index (χ2v) is 6.00. The third-order valence-electron chi connectivity index (χ3n) is 3.40. The molecule has 1 aromatic heterocycles. The molecule has 4 N–H and O–H groups in total. The minimum atomic E-state index is -0.0320. The van der Waals surface area contributed by atoms with E-state index in [1.165, 1.54) is 12.8 Å². The Kier molecular flexibility index (Phi) is 5.76. The van der Waals surface area contributed by atoms with Crippen LogP contribution in [0.1, 0.15) is 25.0 Å². The largest absolute Gasteiger partial charge is 0.370 e. The summed E-state index contributed by atoms with van der Waals surface area (Å²) in [5.41, 5.74) is 6.47. The molecule has 0 amide bonds. The van der Waals surface area contributed by atoms with Gasteiger partial charge in [-0.05, 0) is 56.0 Å². The molecule has 1 aliphatic carbocycles. The van der Waals surface area contributed by atoms with E-state index in [0.29, 0.717) is 16.7 Å². The number of nitrogens with zero attached hydrogens (tertiary/aromatic N) is 2. The Bertz CT molecular complexity index is 518. The Morgan fingerprint density at radius 3 is 2.95 bits per heavy atom. The number of nitrogens with one attached hydrogen (secondary N) is 2. The Morgan fingerprint density at radius 2 is 2.33 bits per heavy atom. The van der Waals surface area contributed by atoms with E-state index in [1.807, 2.05) is 12.1 Å². The first kappa shape index (κ1) is 16.0. The molecule has 21 heavy (non-hydrogen) atoms. The van der Waals surface area contributed by atoms with E-state index in [1.54, 1.807) is 11.1 Å². The quantitative estimate of drug-likeness (QED) is 0.424. The summed E-state index contributed by atoms with van der Waals surface area (Å²) in [4.78, 5) is 5.87. The van der Waals surface area contributed by atoms with Crippen molar-refractivity contribution in [1.29, 1.82) is 5.41 Å². The molecule has 0 radical (unpaired) electrons. The van der Waals surface area contributed by atoms with Crippen LogP contribution in [0.2, 0.25) is 5.02 Å². The van der Waals surface area contributed by atoms with Crippen LogP contribution in [0.3, 0.4) is 0 Å². The van der Waals surface area contributed by atoms with Crippen molar-refractivity contribution in [3.63, 3.8) is 0 Å². The van der Waals surface area contributed by atoms with Crippen molar-refractivity contribution in [3.8, 4) is 0 Å². The molecule has 0 unspecified atom stereocenters. The monoisotopic (exact) mass is 325 g/mol. The molecular weight excluding hydrogens is 306 g/mol. The van der Waals surface area contributed by atoms with E-state index in [4.69, 9.17) is 35.0 Å². The second kappa shape index (κ2) is 7.56. The van der Waals surface area contributed by atoms with Gasteiger partial charge in [0.15, 0.2) is 11.1 Å². The summed E-state index contributed by atoms with van der Waals surface area (Å²) in [5.74, 6) is 0.694. The molecule has 1 heterocycles. The van der Waals surface area contributed by atoms with E-state index in [2.05, 4.69) is 10.3 Å². The zero-order valence-corrected chi connectivity index (χ0v) is 13.4. The second-order valence-electron chi connectivity index (χ2n) is 5.20. The number of rotatable bonds is 6. The highest BCUT2D eigenvalue weighted by atomic mass is 35.5. The molecular formula is C14H20ClN5S. The van der Waals surface area contributed by atoms with Crippen LogP contribution >= 0.6 is 23.8 Å². The van der Waals surface area contributed by atoms with Crippen molar-refractivity contribution in [2.75, 3.05) is 13.1 Å². The highest BCUT2D eigenvalue weighted by Gasteiger charge is 2.22. The number of hydrogen-bond acceptors (Lipinski definition) is 3. The Balaban J connectivity index is 1.80. The van der Waals surface area contributed by atoms with Crippen LogP contribution in [0, 0.1) is 11.3 Å². The van der Waals surface area contributed by atoms with Gasteiger partial charge in [0, 0.05) is 19.3 Å². The summed E-state index contributed by atoms with van der Waals surface area (Å²) >= 11 is 11.4. The number of thiocarbonyl (C=S) groups is 1. The molecule has 1 aliphatic rings. The minimum absolute atomic E-state index is 0.0320. The zero-order valence-electron chi connectivity index (χ0n) is 11.8. The van der Waals surface area contributed by atoms with Crippen molar-refractivity contribution in [3.05, 3.63) is 29.0 Å². The fourth-order valence-corrected chi connectivity index (χ4v) is 2.48. The number of pyridine rings is 1. The third kappa shape index (κ3) is 5.13. The highest BCUT2D eigenvalue weighted by molar-refractivity contribution is 7.80. The van der Waals surface area contributed by atoms with E-state index >= 15 is 0 Å². The lowest BCUT2D eigenvalue weighted by atomic mass is 10.2. The lowest BCUT2D eigenvalue weighted by Crippen LogP contribution is -2.47. The van der Waals surface area contributed by atoms with E-state index in [9.17, 15) is 0 Å². The Hall–Kier alpha value is -1.40. The predicted molar refractivity (Wildman–Crippen MR) is 89.5 cm³/mol. The zero-order chi connectivity index (χ0) is 15.2. The summed E-state index contributed by atoms with van der Waals surface area (Å²) in [6.07, 6.45) is 5.75. The van der Waals surface area contributed by atoms with Crippen LogP contribution in [0.15, 0.2) is 18.3 Å². The van der Waals surface area contributed by atoms with Crippen LogP contribution in [0.25, 0.3) is 0 Å². The van der Waals surface area contributed by atoms with Gasteiger partial charge in [0.05, 0.1) is 10.7 Å². The first-order valence-corrected chi connectivity index (χ1v) is 7.85. The average molecular weight is 326 g/mol. The standard InChI is InChI=1S/C14H20ClN5S/c15-11-3-1-7-18-12(11)4-2-8-20(13(16)17)14(21)19-9-10-5-6-10/h1,3,7,10H,2,4-6,8-9H2,(H3,16,17)(H,19,21). The summed E-state index contributed by atoms with van der Waals surface area (Å²) in [6, 6.07) is 3.64. The molecule has 7 heteroatoms. The third-order valence-corrected chi connectivity index (χ3v) is 4.11. The van der Waals surface area contributed by atoms with Gasteiger partial charge in [-0.25, -0.2) is 0 Å². The first-order valence-electron chi connectivity index (χ1n) is 7.06. The normalized spacial score (nSPS) is 13.8. The number of guanidine groups is 1. The number of nitrogens with two attached hydrogens (primary N) is 1. The highest BCUT2D eigenvalue weighted by Crippen LogP contribution is 2.27. The Morgan fingerprint density at radius 1 is 1.57 bits per heavy atom. The minimum Gasteiger partial charge on any atom is -0.370 e. The van der Waals surface area contributed by atoms with Gasteiger partial charge in [-0.3, -0.25) is 15.3 Å². The molecule has 5 nitrogen and oxygen atoms in total. The summed E-state index contributed by atoms with van der Waals surface area (Å²) in [5, 5.41) is 12.0. The van der Waals surface area contributed by atoms with Crippen LogP contribution in [-0.4, -0.2) is 34.0 Å². The number of halogens is 1. The molecule has 1 aromatic rings. The van der Waals surface area contributed by atoms with Gasteiger partial charge in [0.2, 0.25) is 0 Å². The van der Waals surface area contributed by atoms with Crippen molar-refractivity contribution >= 4 is 34.9 Å². The average Bonchev–Trinajstić information content (AvgIpc) is 3.26. The van der Waals surface area contributed by atoms with Gasteiger partial charge in [-0.15, -0.1) is 0 Å². The van der Waals surface area contributed by atoms with Crippen LogP contribution in [0.4, 0.5) is 0 Å².